The minimum absolute atomic E-state index is 0.718. The second-order valence-electron chi connectivity index (χ2n) is 4.92. The first-order valence-corrected chi connectivity index (χ1v) is 7.39. The molecule has 2 rings (SSSR count). The molecule has 108 valence electrons. The Bertz CT molecular complexity index is 566. The fourth-order valence-corrected chi connectivity index (χ4v) is 2.85. The summed E-state index contributed by atoms with van der Waals surface area (Å²) in [5.41, 5.74) is 2.58. The molecule has 1 aromatic heterocycles. The normalized spacial score (nSPS) is 10.6. The summed E-state index contributed by atoms with van der Waals surface area (Å²) in [6.07, 6.45) is 0. The van der Waals surface area contributed by atoms with Gasteiger partial charge in [-0.1, -0.05) is 41.2 Å². The van der Waals surface area contributed by atoms with Crippen molar-refractivity contribution in [3.8, 4) is 5.88 Å². The Labute approximate surface area is 124 Å². The van der Waals surface area contributed by atoms with Gasteiger partial charge in [0, 0.05) is 27.2 Å². The molecule has 20 heavy (non-hydrogen) atoms. The lowest BCUT2D eigenvalue weighted by Gasteiger charge is -2.05. The number of hydrogen-bond donors (Lipinski definition) is 1. The van der Waals surface area contributed by atoms with Crippen molar-refractivity contribution in [2.24, 2.45) is 0 Å². The zero-order valence-corrected chi connectivity index (χ0v) is 13.3. The topological polar surface area (TPSA) is 37.4 Å². The zero-order chi connectivity index (χ0) is 14.5. The van der Waals surface area contributed by atoms with Crippen LogP contribution in [-0.4, -0.2) is 26.2 Å². The Hall–Kier alpha value is -1.59. The van der Waals surface area contributed by atoms with Gasteiger partial charge in [-0.15, -0.1) is 0 Å². The van der Waals surface area contributed by atoms with E-state index in [2.05, 4.69) is 41.5 Å². The number of rotatable bonds is 6. The minimum Gasteiger partial charge on any atom is -0.480 e. The summed E-state index contributed by atoms with van der Waals surface area (Å²) in [5, 5.41) is 4.41. The fraction of sp³-hybridized carbons (Fsp3) is 0.400. The van der Waals surface area contributed by atoms with Crippen LogP contribution in [0.2, 0.25) is 0 Å². The van der Waals surface area contributed by atoms with E-state index in [0.29, 0.717) is 0 Å². The standard InChI is InChI=1S/C15H21N3OS/c1-11-6-5-7-12(8-11)9-16-10-13-14(19-4)17-15(20-13)18(2)3/h5-8,16H,9-10H2,1-4H3. The quantitative estimate of drug-likeness (QED) is 0.888. The highest BCUT2D eigenvalue weighted by atomic mass is 32.1. The number of aromatic nitrogens is 1. The van der Waals surface area contributed by atoms with Crippen molar-refractivity contribution in [2.45, 2.75) is 20.0 Å². The summed E-state index contributed by atoms with van der Waals surface area (Å²) < 4.78 is 5.33. The van der Waals surface area contributed by atoms with Gasteiger partial charge < -0.3 is 15.0 Å². The molecule has 4 nitrogen and oxygen atoms in total. The van der Waals surface area contributed by atoms with Gasteiger partial charge in [0.05, 0.1) is 12.0 Å². The number of anilines is 1. The molecule has 0 aliphatic heterocycles. The number of benzene rings is 1. The van der Waals surface area contributed by atoms with E-state index in [1.807, 2.05) is 19.0 Å². The largest absolute Gasteiger partial charge is 0.480 e. The zero-order valence-electron chi connectivity index (χ0n) is 12.4. The van der Waals surface area contributed by atoms with Gasteiger partial charge in [-0.3, -0.25) is 0 Å². The van der Waals surface area contributed by atoms with E-state index in [-0.39, 0.29) is 0 Å². The van der Waals surface area contributed by atoms with Crippen molar-refractivity contribution < 1.29 is 4.74 Å². The fourth-order valence-electron chi connectivity index (χ4n) is 1.93. The lowest BCUT2D eigenvalue weighted by molar-refractivity contribution is 0.394. The molecule has 0 fully saturated rings. The van der Waals surface area contributed by atoms with Crippen LogP contribution in [0.5, 0.6) is 5.88 Å². The summed E-state index contributed by atoms with van der Waals surface area (Å²) in [6.45, 7) is 3.72. The Kier molecular flexibility index (Phi) is 4.98. The second kappa shape index (κ2) is 6.72. The van der Waals surface area contributed by atoms with Crippen LogP contribution in [0, 0.1) is 6.92 Å². The number of ether oxygens (including phenoxy) is 1. The predicted octanol–water partition coefficient (Wildman–Crippen LogP) is 2.82. The second-order valence-corrected chi connectivity index (χ2v) is 5.98. The summed E-state index contributed by atoms with van der Waals surface area (Å²) in [7, 11) is 5.64. The molecular weight excluding hydrogens is 270 g/mol. The monoisotopic (exact) mass is 291 g/mol. The molecule has 5 heteroatoms. The SMILES string of the molecule is COc1nc(N(C)C)sc1CNCc1cccc(C)c1. The third-order valence-corrected chi connectivity index (χ3v) is 4.13. The molecule has 0 aliphatic rings. The van der Waals surface area contributed by atoms with E-state index in [1.165, 1.54) is 11.1 Å². The molecule has 0 unspecified atom stereocenters. The number of aryl methyl sites for hydroxylation is 1. The average molecular weight is 291 g/mol. The van der Waals surface area contributed by atoms with Crippen LogP contribution in [-0.2, 0) is 13.1 Å². The summed E-state index contributed by atoms with van der Waals surface area (Å²) in [6, 6.07) is 8.53. The first kappa shape index (κ1) is 14.8. The molecule has 0 aliphatic carbocycles. The van der Waals surface area contributed by atoms with Gasteiger partial charge in [0.25, 0.3) is 0 Å². The van der Waals surface area contributed by atoms with Crippen LogP contribution >= 0.6 is 11.3 Å². The average Bonchev–Trinajstić information content (AvgIpc) is 2.82. The van der Waals surface area contributed by atoms with E-state index in [4.69, 9.17) is 4.74 Å². The van der Waals surface area contributed by atoms with Gasteiger partial charge in [0.2, 0.25) is 5.88 Å². The van der Waals surface area contributed by atoms with Crippen LogP contribution in [0.15, 0.2) is 24.3 Å². The predicted molar refractivity (Wildman–Crippen MR) is 84.7 cm³/mol. The molecule has 0 amide bonds. The maximum Gasteiger partial charge on any atom is 0.230 e. The van der Waals surface area contributed by atoms with Gasteiger partial charge >= 0.3 is 0 Å². The minimum atomic E-state index is 0.718. The number of nitrogens with one attached hydrogen (secondary N) is 1. The number of nitrogens with zero attached hydrogens (tertiary/aromatic N) is 2. The molecular formula is C15H21N3OS. The molecule has 0 bridgehead atoms. The Morgan fingerprint density at radius 2 is 2.10 bits per heavy atom. The number of hydrogen-bond acceptors (Lipinski definition) is 5. The molecule has 0 atom stereocenters. The summed E-state index contributed by atoms with van der Waals surface area (Å²) >= 11 is 1.66. The molecule has 0 saturated heterocycles. The highest BCUT2D eigenvalue weighted by molar-refractivity contribution is 7.15. The van der Waals surface area contributed by atoms with Crippen molar-refractivity contribution >= 4 is 16.5 Å². The van der Waals surface area contributed by atoms with Crippen LogP contribution < -0.4 is 15.0 Å². The van der Waals surface area contributed by atoms with E-state index >= 15 is 0 Å². The number of thiazole rings is 1. The highest BCUT2D eigenvalue weighted by Gasteiger charge is 2.12. The third kappa shape index (κ3) is 3.71. The van der Waals surface area contributed by atoms with Crippen molar-refractivity contribution in [1.29, 1.82) is 0 Å². The van der Waals surface area contributed by atoms with Gasteiger partial charge in [0.15, 0.2) is 5.13 Å². The van der Waals surface area contributed by atoms with Gasteiger partial charge in [-0.05, 0) is 12.5 Å². The lowest BCUT2D eigenvalue weighted by Crippen LogP contribution is -2.12. The molecule has 1 N–H and O–H groups in total. The Balaban J connectivity index is 1.97. The van der Waals surface area contributed by atoms with Gasteiger partial charge in [0.1, 0.15) is 0 Å². The van der Waals surface area contributed by atoms with E-state index in [0.717, 1.165) is 29.0 Å². The smallest absolute Gasteiger partial charge is 0.230 e. The molecule has 1 aromatic carbocycles. The molecule has 0 saturated carbocycles. The summed E-state index contributed by atoms with van der Waals surface area (Å²) in [4.78, 5) is 7.58. The van der Waals surface area contributed by atoms with Crippen molar-refractivity contribution in [2.75, 3.05) is 26.1 Å². The van der Waals surface area contributed by atoms with Crippen LogP contribution in [0.4, 0.5) is 5.13 Å². The maximum absolute atomic E-state index is 5.33. The Morgan fingerprint density at radius 1 is 1.30 bits per heavy atom. The molecule has 0 radical (unpaired) electrons. The highest BCUT2D eigenvalue weighted by Crippen LogP contribution is 2.30. The summed E-state index contributed by atoms with van der Waals surface area (Å²) in [5.74, 6) is 0.718. The van der Waals surface area contributed by atoms with E-state index < -0.39 is 0 Å². The maximum atomic E-state index is 5.33. The van der Waals surface area contributed by atoms with Gasteiger partial charge in [-0.25, -0.2) is 0 Å². The third-order valence-electron chi connectivity index (χ3n) is 2.92. The van der Waals surface area contributed by atoms with Crippen LogP contribution in [0.1, 0.15) is 16.0 Å². The lowest BCUT2D eigenvalue weighted by atomic mass is 10.1. The van der Waals surface area contributed by atoms with Crippen LogP contribution in [0.25, 0.3) is 0 Å². The van der Waals surface area contributed by atoms with Crippen LogP contribution in [0.3, 0.4) is 0 Å². The number of methoxy groups -OCH3 is 1. The van der Waals surface area contributed by atoms with E-state index in [9.17, 15) is 0 Å². The van der Waals surface area contributed by atoms with Crippen molar-refractivity contribution in [3.63, 3.8) is 0 Å². The first-order chi connectivity index (χ1) is 9.60. The molecule has 1 heterocycles. The van der Waals surface area contributed by atoms with Crippen molar-refractivity contribution in [3.05, 3.63) is 40.3 Å². The van der Waals surface area contributed by atoms with E-state index in [1.54, 1.807) is 18.4 Å². The van der Waals surface area contributed by atoms with Crippen molar-refractivity contribution in [1.82, 2.24) is 10.3 Å². The molecule has 2 aromatic rings. The first-order valence-electron chi connectivity index (χ1n) is 6.57. The molecule has 0 spiro atoms. The Morgan fingerprint density at radius 3 is 2.75 bits per heavy atom. The van der Waals surface area contributed by atoms with Gasteiger partial charge in [-0.2, -0.15) is 4.98 Å².